The maximum Gasteiger partial charge on any atom is 0.573 e. The quantitative estimate of drug-likeness (QED) is 0.602. The predicted octanol–water partition coefficient (Wildman–Crippen LogP) is 2.67. The van der Waals surface area contributed by atoms with Crippen LogP contribution in [0.25, 0.3) is 0 Å². The molecule has 1 unspecified atom stereocenters. The van der Waals surface area contributed by atoms with Gasteiger partial charge in [-0.25, -0.2) is 0 Å². The molecule has 3 rings (SSSR count). The number of nitrogens with zero attached hydrogens (tertiary/aromatic N) is 3. The number of benzene rings is 1. The summed E-state index contributed by atoms with van der Waals surface area (Å²) in [6.07, 6.45) is -5.13. The van der Waals surface area contributed by atoms with Crippen LogP contribution in [-0.2, 0) is 17.9 Å². The van der Waals surface area contributed by atoms with Crippen molar-refractivity contribution in [2.75, 3.05) is 6.61 Å². The fourth-order valence-corrected chi connectivity index (χ4v) is 2.25. The monoisotopic (exact) mass is 359 g/mol. The summed E-state index contributed by atoms with van der Waals surface area (Å²) in [7, 11) is 0. The smallest absolute Gasteiger partial charge is 0.474 e. The third kappa shape index (κ3) is 4.38. The van der Waals surface area contributed by atoms with Gasteiger partial charge < -0.3 is 24.3 Å². The molecule has 11 heteroatoms. The van der Waals surface area contributed by atoms with Crippen LogP contribution in [0, 0.1) is 10.1 Å². The topological polar surface area (TPSA) is 88.7 Å². The van der Waals surface area contributed by atoms with Crippen molar-refractivity contribution in [1.29, 1.82) is 0 Å². The van der Waals surface area contributed by atoms with Gasteiger partial charge in [0.1, 0.15) is 24.5 Å². The molecule has 0 saturated heterocycles. The highest BCUT2D eigenvalue weighted by Crippen LogP contribution is 2.25. The molecular formula is C14H12F3N3O5. The molecule has 25 heavy (non-hydrogen) atoms. The lowest BCUT2D eigenvalue weighted by atomic mass is 10.2. The number of hydrogen-bond acceptors (Lipinski definition) is 6. The summed E-state index contributed by atoms with van der Waals surface area (Å²) in [6.45, 7) is 0.607. The van der Waals surface area contributed by atoms with E-state index in [1.807, 2.05) is 0 Å². The molecule has 134 valence electrons. The minimum Gasteiger partial charge on any atom is -0.474 e. The van der Waals surface area contributed by atoms with Crippen molar-refractivity contribution in [2.24, 2.45) is 0 Å². The number of ether oxygens (including phenoxy) is 3. The molecule has 2 aromatic rings. The van der Waals surface area contributed by atoms with E-state index in [9.17, 15) is 23.3 Å². The molecule has 0 saturated carbocycles. The van der Waals surface area contributed by atoms with Gasteiger partial charge in [0.2, 0.25) is 5.88 Å². The van der Waals surface area contributed by atoms with Crippen LogP contribution >= 0.6 is 0 Å². The molecule has 1 atom stereocenters. The zero-order valence-electron chi connectivity index (χ0n) is 12.6. The number of aromatic nitrogens is 2. The van der Waals surface area contributed by atoms with Crippen molar-refractivity contribution in [1.82, 2.24) is 9.78 Å². The van der Waals surface area contributed by atoms with Crippen LogP contribution in [0.5, 0.6) is 11.6 Å². The molecule has 0 aliphatic carbocycles. The highest BCUT2D eigenvalue weighted by molar-refractivity contribution is 5.28. The molecule has 0 bridgehead atoms. The number of alkyl halides is 3. The summed E-state index contributed by atoms with van der Waals surface area (Å²) in [6, 6.07) is 6.52. The number of hydrogen-bond donors (Lipinski definition) is 0. The van der Waals surface area contributed by atoms with Gasteiger partial charge in [-0.15, -0.1) is 17.9 Å². The average Bonchev–Trinajstić information content (AvgIpc) is 2.96. The van der Waals surface area contributed by atoms with Crippen molar-refractivity contribution in [3.05, 3.63) is 46.0 Å². The average molecular weight is 359 g/mol. The summed E-state index contributed by atoms with van der Waals surface area (Å²) < 4.78 is 52.4. The Morgan fingerprint density at radius 1 is 1.36 bits per heavy atom. The minimum absolute atomic E-state index is 0.138. The van der Waals surface area contributed by atoms with E-state index in [4.69, 9.17) is 9.47 Å². The van der Waals surface area contributed by atoms with Crippen LogP contribution in [0.4, 0.5) is 19.0 Å². The highest BCUT2D eigenvalue weighted by atomic mass is 19.4. The van der Waals surface area contributed by atoms with Crippen LogP contribution in [0.15, 0.2) is 30.3 Å². The molecule has 0 radical (unpaired) electrons. The van der Waals surface area contributed by atoms with Crippen LogP contribution < -0.4 is 9.47 Å². The standard InChI is InChI=1S/C14H12F3N3O5/c15-14(16,17)25-10-3-1-9(2-4-10)7-23-11-6-19-13(24-8-11)5-12(18-19)20(21)22/h1-5,11H,6-8H2. The molecule has 1 aliphatic heterocycles. The Balaban J connectivity index is 1.54. The van der Waals surface area contributed by atoms with E-state index in [1.165, 1.54) is 35.0 Å². The van der Waals surface area contributed by atoms with Crippen LogP contribution in [-0.4, -0.2) is 33.8 Å². The van der Waals surface area contributed by atoms with Gasteiger partial charge >= 0.3 is 12.2 Å². The van der Waals surface area contributed by atoms with E-state index < -0.39 is 17.4 Å². The first-order chi connectivity index (χ1) is 11.8. The summed E-state index contributed by atoms with van der Waals surface area (Å²) >= 11 is 0. The Bertz CT molecular complexity index is 760. The second kappa shape index (κ2) is 6.59. The summed E-state index contributed by atoms with van der Waals surface area (Å²) in [5.41, 5.74) is 0.645. The van der Waals surface area contributed by atoms with Gasteiger partial charge in [0.15, 0.2) is 0 Å². The SMILES string of the molecule is O=[N+]([O-])c1cc2n(n1)CC(OCc1ccc(OC(F)(F)F)cc1)CO2. The Hall–Kier alpha value is -2.82. The lowest BCUT2D eigenvalue weighted by molar-refractivity contribution is -0.389. The zero-order valence-corrected chi connectivity index (χ0v) is 12.6. The van der Waals surface area contributed by atoms with Gasteiger partial charge in [-0.05, 0) is 22.6 Å². The summed E-state index contributed by atoms with van der Waals surface area (Å²) in [5.74, 6) is -0.332. The highest BCUT2D eigenvalue weighted by Gasteiger charge is 2.31. The number of rotatable bonds is 5. The maximum absolute atomic E-state index is 12.1. The van der Waals surface area contributed by atoms with E-state index >= 15 is 0 Å². The lowest BCUT2D eigenvalue weighted by Gasteiger charge is -2.22. The second-order valence-corrected chi connectivity index (χ2v) is 5.22. The van der Waals surface area contributed by atoms with Gasteiger partial charge in [-0.1, -0.05) is 12.1 Å². The van der Waals surface area contributed by atoms with Gasteiger partial charge in [0.25, 0.3) is 0 Å². The van der Waals surface area contributed by atoms with Crippen molar-refractivity contribution >= 4 is 5.82 Å². The molecule has 1 aliphatic rings. The Kier molecular flexibility index (Phi) is 4.49. The molecule has 0 N–H and O–H groups in total. The predicted molar refractivity (Wildman–Crippen MR) is 76.1 cm³/mol. The van der Waals surface area contributed by atoms with E-state index in [-0.39, 0.29) is 31.3 Å². The molecule has 8 nitrogen and oxygen atoms in total. The first-order valence-electron chi connectivity index (χ1n) is 7.11. The number of fused-ring (bicyclic) bond motifs is 1. The third-order valence-corrected chi connectivity index (χ3v) is 3.35. The first kappa shape index (κ1) is 17.0. The maximum atomic E-state index is 12.1. The Morgan fingerprint density at radius 2 is 2.08 bits per heavy atom. The second-order valence-electron chi connectivity index (χ2n) is 5.22. The molecule has 1 aromatic carbocycles. The van der Waals surface area contributed by atoms with Crippen LogP contribution in [0.2, 0.25) is 0 Å². The normalized spacial score (nSPS) is 16.8. The molecule has 2 heterocycles. The van der Waals surface area contributed by atoms with Gasteiger partial charge in [0.05, 0.1) is 18.3 Å². The number of halogens is 3. The third-order valence-electron chi connectivity index (χ3n) is 3.35. The largest absolute Gasteiger partial charge is 0.573 e. The van der Waals surface area contributed by atoms with Crippen molar-refractivity contribution in [3.63, 3.8) is 0 Å². The van der Waals surface area contributed by atoms with Crippen LogP contribution in [0.1, 0.15) is 5.56 Å². The van der Waals surface area contributed by atoms with E-state index in [0.717, 1.165) is 0 Å². The van der Waals surface area contributed by atoms with Crippen LogP contribution in [0.3, 0.4) is 0 Å². The van der Waals surface area contributed by atoms with Crippen molar-refractivity contribution < 1.29 is 32.3 Å². The Labute approximate surface area is 138 Å². The lowest BCUT2D eigenvalue weighted by Crippen LogP contribution is -2.32. The van der Waals surface area contributed by atoms with Gasteiger partial charge in [0, 0.05) is 0 Å². The minimum atomic E-state index is -4.73. The van der Waals surface area contributed by atoms with Gasteiger partial charge in [-0.3, -0.25) is 0 Å². The van der Waals surface area contributed by atoms with E-state index in [0.29, 0.717) is 11.4 Å². The molecule has 1 aromatic heterocycles. The molecule has 0 fully saturated rings. The van der Waals surface area contributed by atoms with Gasteiger partial charge in [-0.2, -0.15) is 0 Å². The molecule has 0 amide bonds. The van der Waals surface area contributed by atoms with Crippen molar-refractivity contribution in [2.45, 2.75) is 25.6 Å². The summed E-state index contributed by atoms with van der Waals surface area (Å²) in [5, 5.41) is 14.5. The van der Waals surface area contributed by atoms with E-state index in [2.05, 4.69) is 9.84 Å². The van der Waals surface area contributed by atoms with E-state index in [1.54, 1.807) is 0 Å². The fourth-order valence-electron chi connectivity index (χ4n) is 2.25. The Morgan fingerprint density at radius 3 is 2.72 bits per heavy atom. The number of nitro groups is 1. The molecular weight excluding hydrogens is 347 g/mol. The van der Waals surface area contributed by atoms with Crippen molar-refractivity contribution in [3.8, 4) is 11.6 Å². The fraction of sp³-hybridized carbons (Fsp3) is 0.357. The zero-order chi connectivity index (χ0) is 18.0. The molecule has 0 spiro atoms. The summed E-state index contributed by atoms with van der Waals surface area (Å²) in [4.78, 5) is 10.1. The first-order valence-corrected chi connectivity index (χ1v) is 7.11.